The van der Waals surface area contributed by atoms with Gasteiger partial charge in [-0.2, -0.15) is 0 Å². The van der Waals surface area contributed by atoms with Crippen LogP contribution in [-0.2, 0) is 13.5 Å². The van der Waals surface area contributed by atoms with Crippen LogP contribution in [0.15, 0.2) is 24.3 Å². The third kappa shape index (κ3) is 0.803. The molecule has 14 heavy (non-hydrogen) atoms. The van der Waals surface area contributed by atoms with Gasteiger partial charge in [-0.3, -0.25) is 0 Å². The second-order valence-electron chi connectivity index (χ2n) is 3.73. The van der Waals surface area contributed by atoms with Crippen molar-refractivity contribution in [2.24, 2.45) is 7.05 Å². The number of nitrogens with zero attached hydrogens (tertiary/aromatic N) is 1. The Balaban J connectivity index is 2.49. The van der Waals surface area contributed by atoms with E-state index in [2.05, 4.69) is 23.8 Å². The number of aromatic hydroxyl groups is 1. The summed E-state index contributed by atoms with van der Waals surface area (Å²) in [5, 5.41) is 10.6. The zero-order chi connectivity index (χ0) is 9.71. The Morgan fingerprint density at radius 1 is 1.36 bits per heavy atom. The highest BCUT2D eigenvalue weighted by Gasteiger charge is 2.15. The van der Waals surface area contributed by atoms with Crippen LogP contribution in [-0.4, -0.2) is 9.67 Å². The summed E-state index contributed by atoms with van der Waals surface area (Å²) >= 11 is 0. The third-order valence-electron chi connectivity index (χ3n) is 2.93. The van der Waals surface area contributed by atoms with Gasteiger partial charge in [-0.1, -0.05) is 6.08 Å². The predicted molar refractivity (Wildman–Crippen MR) is 57.3 cm³/mol. The van der Waals surface area contributed by atoms with E-state index >= 15 is 0 Å². The summed E-state index contributed by atoms with van der Waals surface area (Å²) in [5.41, 5.74) is 3.79. The van der Waals surface area contributed by atoms with Crippen molar-refractivity contribution in [3.8, 4) is 5.75 Å². The lowest BCUT2D eigenvalue weighted by atomic mass is 10.1. The number of aryl methyl sites for hydroxylation is 1. The maximum atomic E-state index is 9.44. The normalized spacial score (nSPS) is 13.8. The second-order valence-corrected chi connectivity index (χ2v) is 3.73. The molecular weight excluding hydrogens is 174 g/mol. The fourth-order valence-electron chi connectivity index (χ4n) is 2.24. The fourth-order valence-corrected chi connectivity index (χ4v) is 2.24. The second kappa shape index (κ2) is 2.41. The highest BCUT2D eigenvalue weighted by molar-refractivity contribution is 5.90. The number of rotatable bonds is 0. The summed E-state index contributed by atoms with van der Waals surface area (Å²) in [6.07, 6.45) is 5.29. The summed E-state index contributed by atoms with van der Waals surface area (Å²) < 4.78 is 2.17. The Morgan fingerprint density at radius 3 is 3.07 bits per heavy atom. The molecule has 0 atom stereocenters. The molecule has 1 aliphatic carbocycles. The molecule has 1 aromatic carbocycles. The number of aromatic nitrogens is 1. The summed E-state index contributed by atoms with van der Waals surface area (Å²) in [6.45, 7) is 0. The molecule has 2 nitrogen and oxygen atoms in total. The van der Waals surface area contributed by atoms with Crippen molar-refractivity contribution in [2.75, 3.05) is 0 Å². The van der Waals surface area contributed by atoms with Crippen LogP contribution in [0.3, 0.4) is 0 Å². The van der Waals surface area contributed by atoms with Crippen LogP contribution in [0.5, 0.6) is 5.75 Å². The number of phenols is 1. The van der Waals surface area contributed by atoms with Crippen LogP contribution in [0, 0.1) is 0 Å². The molecule has 2 heteroatoms. The van der Waals surface area contributed by atoms with Crippen LogP contribution in [0.2, 0.25) is 0 Å². The molecule has 0 radical (unpaired) electrons. The molecule has 0 bridgehead atoms. The number of hydrogen-bond donors (Lipinski definition) is 1. The van der Waals surface area contributed by atoms with Crippen LogP contribution in [0.25, 0.3) is 17.0 Å². The number of allylic oxidation sites excluding steroid dienone is 1. The lowest BCUT2D eigenvalue weighted by Crippen LogP contribution is -1.88. The maximum absolute atomic E-state index is 9.44. The first-order chi connectivity index (χ1) is 6.77. The molecule has 0 aliphatic heterocycles. The Morgan fingerprint density at radius 2 is 2.21 bits per heavy atom. The predicted octanol–water partition coefficient (Wildman–Crippen LogP) is 2.45. The van der Waals surface area contributed by atoms with E-state index in [0.29, 0.717) is 5.75 Å². The van der Waals surface area contributed by atoms with E-state index in [1.54, 1.807) is 6.07 Å². The number of phenolic OH excluding ortho intramolecular Hbond substituents is 1. The largest absolute Gasteiger partial charge is 0.508 e. The van der Waals surface area contributed by atoms with Crippen LogP contribution < -0.4 is 0 Å². The lowest BCUT2D eigenvalue weighted by molar-refractivity contribution is 0.476. The average molecular weight is 185 g/mol. The average Bonchev–Trinajstić information content (AvgIpc) is 2.71. The summed E-state index contributed by atoms with van der Waals surface area (Å²) in [7, 11) is 2.06. The first-order valence-electron chi connectivity index (χ1n) is 4.74. The number of fused-ring (bicyclic) bond motifs is 3. The fraction of sp³-hybridized carbons (Fsp3) is 0.167. The highest BCUT2D eigenvalue weighted by Crippen LogP contribution is 2.32. The van der Waals surface area contributed by atoms with Gasteiger partial charge in [-0.15, -0.1) is 0 Å². The molecule has 1 aromatic heterocycles. The molecule has 1 heterocycles. The first-order valence-corrected chi connectivity index (χ1v) is 4.74. The molecule has 70 valence electrons. The molecule has 0 saturated heterocycles. The minimum atomic E-state index is 0.345. The molecular formula is C12H11NO. The molecule has 3 rings (SSSR count). The van der Waals surface area contributed by atoms with Gasteiger partial charge in [0.1, 0.15) is 5.75 Å². The van der Waals surface area contributed by atoms with E-state index in [1.807, 2.05) is 12.1 Å². The highest BCUT2D eigenvalue weighted by atomic mass is 16.3. The monoisotopic (exact) mass is 185 g/mol. The van der Waals surface area contributed by atoms with Crippen LogP contribution in [0.4, 0.5) is 0 Å². The van der Waals surface area contributed by atoms with Gasteiger partial charge in [0, 0.05) is 23.6 Å². The van der Waals surface area contributed by atoms with Gasteiger partial charge < -0.3 is 9.67 Å². The minimum Gasteiger partial charge on any atom is -0.508 e. The quantitative estimate of drug-likeness (QED) is 0.670. The molecule has 1 aliphatic rings. The van der Waals surface area contributed by atoms with E-state index < -0.39 is 0 Å². The van der Waals surface area contributed by atoms with Gasteiger partial charge in [0.05, 0.1) is 0 Å². The van der Waals surface area contributed by atoms with Crippen molar-refractivity contribution in [3.63, 3.8) is 0 Å². The van der Waals surface area contributed by atoms with Gasteiger partial charge in [-0.05, 0) is 36.3 Å². The van der Waals surface area contributed by atoms with Gasteiger partial charge in [-0.25, -0.2) is 0 Å². The summed E-state index contributed by atoms with van der Waals surface area (Å²) in [4.78, 5) is 0. The van der Waals surface area contributed by atoms with Crippen molar-refractivity contribution < 1.29 is 5.11 Å². The molecule has 0 fully saturated rings. The van der Waals surface area contributed by atoms with Crippen molar-refractivity contribution in [1.82, 2.24) is 4.57 Å². The van der Waals surface area contributed by atoms with Gasteiger partial charge in [0.2, 0.25) is 0 Å². The molecule has 0 unspecified atom stereocenters. The van der Waals surface area contributed by atoms with E-state index in [4.69, 9.17) is 0 Å². The van der Waals surface area contributed by atoms with Crippen molar-refractivity contribution in [2.45, 2.75) is 6.42 Å². The van der Waals surface area contributed by atoms with E-state index in [1.165, 1.54) is 22.2 Å². The molecule has 0 saturated carbocycles. The lowest BCUT2D eigenvalue weighted by Gasteiger charge is -1.98. The SMILES string of the molecule is Cn1c2c(c3cc(O)ccc31)CC=C2. The Kier molecular flexibility index (Phi) is 1.32. The van der Waals surface area contributed by atoms with E-state index in [0.717, 1.165) is 6.42 Å². The van der Waals surface area contributed by atoms with Crippen molar-refractivity contribution in [1.29, 1.82) is 0 Å². The zero-order valence-corrected chi connectivity index (χ0v) is 7.99. The number of hydrogen-bond acceptors (Lipinski definition) is 1. The smallest absolute Gasteiger partial charge is 0.116 e. The van der Waals surface area contributed by atoms with Gasteiger partial charge in [0.25, 0.3) is 0 Å². The third-order valence-corrected chi connectivity index (χ3v) is 2.93. The van der Waals surface area contributed by atoms with Crippen LogP contribution >= 0.6 is 0 Å². The van der Waals surface area contributed by atoms with Crippen LogP contribution in [0.1, 0.15) is 11.3 Å². The van der Waals surface area contributed by atoms with Gasteiger partial charge >= 0.3 is 0 Å². The summed E-state index contributed by atoms with van der Waals surface area (Å²) in [6, 6.07) is 5.55. The Bertz CT molecular complexity index is 549. The Labute approximate surface area is 82.1 Å². The van der Waals surface area contributed by atoms with E-state index in [-0.39, 0.29) is 0 Å². The number of benzene rings is 1. The van der Waals surface area contributed by atoms with Crippen molar-refractivity contribution >= 4 is 17.0 Å². The molecule has 1 N–H and O–H groups in total. The van der Waals surface area contributed by atoms with Crippen molar-refractivity contribution in [3.05, 3.63) is 35.5 Å². The topological polar surface area (TPSA) is 25.2 Å². The van der Waals surface area contributed by atoms with E-state index in [9.17, 15) is 5.11 Å². The molecule has 0 spiro atoms. The minimum absolute atomic E-state index is 0.345. The molecule has 0 amide bonds. The van der Waals surface area contributed by atoms with Gasteiger partial charge in [0.15, 0.2) is 0 Å². The summed E-state index contributed by atoms with van der Waals surface area (Å²) in [5.74, 6) is 0.345. The molecule has 2 aromatic rings. The maximum Gasteiger partial charge on any atom is 0.116 e. The standard InChI is InChI=1S/C12H11NO/c1-13-11-4-2-3-9(11)10-7-8(14)5-6-12(10)13/h2,4-7,14H,3H2,1H3. The Hall–Kier alpha value is -1.70. The first kappa shape index (κ1) is 7.68. The zero-order valence-electron chi connectivity index (χ0n) is 7.99.